The average molecular weight is 390 g/mol. The largest absolute Gasteiger partial charge is 0.367 e. The number of piperazine rings is 1. The van der Waals surface area contributed by atoms with Crippen LogP contribution in [0.3, 0.4) is 0 Å². The van der Waals surface area contributed by atoms with Gasteiger partial charge in [0.25, 0.3) is 0 Å². The Morgan fingerprint density at radius 3 is 2.59 bits per heavy atom. The summed E-state index contributed by atoms with van der Waals surface area (Å²) in [5.41, 5.74) is 0.974. The number of nitrogens with one attached hydrogen (secondary N) is 1. The van der Waals surface area contributed by atoms with Crippen molar-refractivity contribution in [1.82, 2.24) is 14.2 Å². The summed E-state index contributed by atoms with van der Waals surface area (Å²) in [6, 6.07) is 10.1. The Kier molecular flexibility index (Phi) is 4.88. The number of hydrogen-bond acceptors (Lipinski definition) is 5. The molecule has 1 aromatic carbocycles. The molecule has 2 aromatic rings. The minimum absolute atomic E-state index is 0.194. The first kappa shape index (κ1) is 18.3. The van der Waals surface area contributed by atoms with E-state index in [9.17, 15) is 12.8 Å². The van der Waals surface area contributed by atoms with Gasteiger partial charge in [-0.3, -0.25) is 0 Å². The van der Waals surface area contributed by atoms with Crippen LogP contribution in [0, 0.1) is 5.82 Å². The fourth-order valence-corrected chi connectivity index (χ4v) is 4.81. The maximum atomic E-state index is 13.3. The molecule has 1 saturated carbocycles. The molecule has 1 aromatic heterocycles. The van der Waals surface area contributed by atoms with E-state index in [1.54, 1.807) is 24.3 Å². The quantitative estimate of drug-likeness (QED) is 0.847. The molecular weight excluding hydrogens is 367 g/mol. The van der Waals surface area contributed by atoms with E-state index in [4.69, 9.17) is 0 Å². The van der Waals surface area contributed by atoms with Crippen molar-refractivity contribution in [2.75, 3.05) is 38.5 Å². The summed E-state index contributed by atoms with van der Waals surface area (Å²) in [5.74, 6) is 0.669. The summed E-state index contributed by atoms with van der Waals surface area (Å²) in [4.78, 5) is 6.61. The van der Waals surface area contributed by atoms with Gasteiger partial charge in [-0.25, -0.2) is 17.8 Å². The predicted octanol–water partition coefficient (Wildman–Crippen LogP) is 2.12. The van der Waals surface area contributed by atoms with Gasteiger partial charge in [0, 0.05) is 44.3 Å². The lowest BCUT2D eigenvalue weighted by Gasteiger charge is -2.31. The van der Waals surface area contributed by atoms with Crippen molar-refractivity contribution < 1.29 is 12.8 Å². The van der Waals surface area contributed by atoms with Crippen LogP contribution in [-0.4, -0.2) is 61.9 Å². The van der Waals surface area contributed by atoms with Gasteiger partial charge in [-0.15, -0.1) is 0 Å². The standard InChI is InChI=1S/C19H23FN4O2S/c1-23-7-9-24(10-8-23)27(25,26)16-5-6-19(21-13-16)22-18-12-17(18)14-3-2-4-15(20)11-14/h2-6,11,13,17-18H,7-10,12H2,1H3,(H,21,22)/t17-,18+/m0/s1. The zero-order chi connectivity index (χ0) is 19.0. The molecule has 8 heteroatoms. The monoisotopic (exact) mass is 390 g/mol. The van der Waals surface area contributed by atoms with Crippen LogP contribution in [0.4, 0.5) is 10.2 Å². The molecule has 144 valence electrons. The predicted molar refractivity (Wildman–Crippen MR) is 102 cm³/mol. The van der Waals surface area contributed by atoms with Gasteiger partial charge in [0.2, 0.25) is 10.0 Å². The number of pyridine rings is 1. The van der Waals surface area contributed by atoms with Gasteiger partial charge in [0.1, 0.15) is 16.5 Å². The summed E-state index contributed by atoms with van der Waals surface area (Å²) >= 11 is 0. The molecule has 2 heterocycles. The van der Waals surface area contributed by atoms with Crippen molar-refractivity contribution in [3.63, 3.8) is 0 Å². The van der Waals surface area contributed by atoms with Gasteiger partial charge in [0.05, 0.1) is 0 Å². The lowest BCUT2D eigenvalue weighted by molar-refractivity contribution is 0.222. The van der Waals surface area contributed by atoms with Gasteiger partial charge in [-0.05, 0) is 43.3 Å². The number of benzene rings is 1. The lowest BCUT2D eigenvalue weighted by atomic mass is 10.1. The number of anilines is 1. The van der Waals surface area contributed by atoms with E-state index in [1.165, 1.54) is 16.6 Å². The SMILES string of the molecule is CN1CCN(S(=O)(=O)c2ccc(N[C@@H]3C[C@H]3c3cccc(F)c3)nc2)CC1. The van der Waals surface area contributed by atoms with Crippen molar-refractivity contribution in [1.29, 1.82) is 0 Å². The molecular formula is C19H23FN4O2S. The second-order valence-corrected chi connectivity index (χ2v) is 9.17. The number of aromatic nitrogens is 1. The van der Waals surface area contributed by atoms with E-state index < -0.39 is 10.0 Å². The number of likely N-dealkylation sites (N-methyl/N-ethyl adjacent to an activating group) is 1. The van der Waals surface area contributed by atoms with Gasteiger partial charge < -0.3 is 10.2 Å². The highest BCUT2D eigenvalue weighted by molar-refractivity contribution is 7.89. The van der Waals surface area contributed by atoms with Crippen molar-refractivity contribution in [3.05, 3.63) is 54.0 Å². The lowest BCUT2D eigenvalue weighted by Crippen LogP contribution is -2.47. The van der Waals surface area contributed by atoms with Crippen molar-refractivity contribution in [2.24, 2.45) is 0 Å². The van der Waals surface area contributed by atoms with Crippen LogP contribution in [0.2, 0.25) is 0 Å². The third kappa shape index (κ3) is 3.97. The minimum atomic E-state index is -3.50. The molecule has 4 rings (SSSR count). The molecule has 1 aliphatic carbocycles. The van der Waals surface area contributed by atoms with E-state index in [0.29, 0.717) is 18.9 Å². The normalized spacial score (nSPS) is 23.9. The molecule has 1 saturated heterocycles. The van der Waals surface area contributed by atoms with Crippen LogP contribution < -0.4 is 5.32 Å². The molecule has 0 unspecified atom stereocenters. The molecule has 0 spiro atoms. The molecule has 1 aliphatic heterocycles. The van der Waals surface area contributed by atoms with Crippen LogP contribution >= 0.6 is 0 Å². The van der Waals surface area contributed by atoms with Crippen molar-refractivity contribution in [2.45, 2.75) is 23.3 Å². The molecule has 2 atom stereocenters. The van der Waals surface area contributed by atoms with Crippen LogP contribution in [-0.2, 0) is 10.0 Å². The molecule has 2 aliphatic rings. The summed E-state index contributed by atoms with van der Waals surface area (Å²) in [5, 5.41) is 3.30. The highest BCUT2D eigenvalue weighted by Crippen LogP contribution is 2.42. The zero-order valence-electron chi connectivity index (χ0n) is 15.2. The fraction of sp³-hybridized carbons (Fsp3) is 0.421. The number of rotatable bonds is 5. The highest BCUT2D eigenvalue weighted by atomic mass is 32.2. The maximum Gasteiger partial charge on any atom is 0.244 e. The number of nitrogens with zero attached hydrogens (tertiary/aromatic N) is 3. The summed E-state index contributed by atoms with van der Waals surface area (Å²) in [7, 11) is -1.51. The topological polar surface area (TPSA) is 65.5 Å². The van der Waals surface area contributed by atoms with E-state index >= 15 is 0 Å². The number of hydrogen-bond donors (Lipinski definition) is 1. The Morgan fingerprint density at radius 2 is 1.93 bits per heavy atom. The molecule has 27 heavy (non-hydrogen) atoms. The third-order valence-electron chi connectivity index (χ3n) is 5.24. The fourth-order valence-electron chi connectivity index (χ4n) is 3.45. The Hall–Kier alpha value is -2.03. The molecule has 0 amide bonds. The van der Waals surface area contributed by atoms with Crippen LogP contribution in [0.1, 0.15) is 17.9 Å². The van der Waals surface area contributed by atoms with E-state index in [0.717, 1.165) is 25.1 Å². The van der Waals surface area contributed by atoms with Gasteiger partial charge in [-0.2, -0.15) is 4.31 Å². The molecule has 0 radical (unpaired) electrons. The van der Waals surface area contributed by atoms with E-state index in [1.807, 2.05) is 13.1 Å². The Balaban J connectivity index is 1.40. The summed E-state index contributed by atoms with van der Waals surface area (Å²) in [6.07, 6.45) is 2.32. The molecule has 6 nitrogen and oxygen atoms in total. The van der Waals surface area contributed by atoms with E-state index in [2.05, 4.69) is 15.2 Å². The van der Waals surface area contributed by atoms with Crippen molar-refractivity contribution >= 4 is 15.8 Å². The summed E-state index contributed by atoms with van der Waals surface area (Å²) in [6.45, 7) is 2.46. The first-order chi connectivity index (χ1) is 12.9. The van der Waals surface area contributed by atoms with Gasteiger partial charge >= 0.3 is 0 Å². The van der Waals surface area contributed by atoms with Crippen LogP contribution in [0.25, 0.3) is 0 Å². The summed E-state index contributed by atoms with van der Waals surface area (Å²) < 4.78 is 40.3. The molecule has 1 N–H and O–H groups in total. The van der Waals surface area contributed by atoms with Crippen LogP contribution in [0.5, 0.6) is 0 Å². The van der Waals surface area contributed by atoms with Gasteiger partial charge in [-0.1, -0.05) is 12.1 Å². The minimum Gasteiger partial charge on any atom is -0.367 e. The van der Waals surface area contributed by atoms with Crippen LogP contribution in [0.15, 0.2) is 47.5 Å². The number of halogens is 1. The van der Waals surface area contributed by atoms with E-state index in [-0.39, 0.29) is 22.7 Å². The smallest absolute Gasteiger partial charge is 0.244 e. The highest BCUT2D eigenvalue weighted by Gasteiger charge is 2.38. The Labute approximate surface area is 159 Å². The molecule has 0 bridgehead atoms. The maximum absolute atomic E-state index is 13.3. The first-order valence-electron chi connectivity index (χ1n) is 9.10. The number of sulfonamides is 1. The van der Waals surface area contributed by atoms with Gasteiger partial charge in [0.15, 0.2) is 0 Å². The Morgan fingerprint density at radius 1 is 1.15 bits per heavy atom. The first-order valence-corrected chi connectivity index (χ1v) is 10.5. The molecule has 2 fully saturated rings. The zero-order valence-corrected chi connectivity index (χ0v) is 16.0. The Bertz CT molecular complexity index is 912. The van der Waals surface area contributed by atoms with Crippen molar-refractivity contribution in [3.8, 4) is 0 Å². The average Bonchev–Trinajstić information content (AvgIpc) is 3.42. The second-order valence-electron chi connectivity index (χ2n) is 7.23. The second kappa shape index (κ2) is 7.18. The third-order valence-corrected chi connectivity index (χ3v) is 7.12.